The zero-order valence-electron chi connectivity index (χ0n) is 19.9. The van der Waals surface area contributed by atoms with Gasteiger partial charge in [0.1, 0.15) is 11.6 Å². The van der Waals surface area contributed by atoms with Crippen molar-refractivity contribution in [1.29, 1.82) is 0 Å². The monoisotopic (exact) mass is 470 g/mol. The SMILES string of the molecule is Cc1cn(-c2ccc(Cc3cc(C4CC4)nn(C4CCOc5ccc(F)cc54)c3=O)cc2C)cn1. The van der Waals surface area contributed by atoms with Crippen molar-refractivity contribution >= 4 is 0 Å². The lowest BCUT2D eigenvalue weighted by Crippen LogP contribution is -2.34. The smallest absolute Gasteiger partial charge is 0.270 e. The Labute approximate surface area is 203 Å². The summed E-state index contributed by atoms with van der Waals surface area (Å²) in [5.41, 5.74) is 6.45. The number of hydrogen-bond acceptors (Lipinski definition) is 4. The molecule has 4 aromatic rings. The molecule has 3 heterocycles. The zero-order valence-corrected chi connectivity index (χ0v) is 19.9. The molecule has 1 fully saturated rings. The first-order valence-electron chi connectivity index (χ1n) is 12.1. The molecule has 0 bridgehead atoms. The molecule has 0 spiro atoms. The van der Waals surface area contributed by atoms with Crippen molar-refractivity contribution in [2.24, 2.45) is 0 Å². The van der Waals surface area contributed by atoms with Crippen LogP contribution in [0, 0.1) is 19.7 Å². The minimum atomic E-state index is -0.340. The van der Waals surface area contributed by atoms with Crippen LogP contribution in [-0.4, -0.2) is 25.9 Å². The largest absolute Gasteiger partial charge is 0.493 e. The number of aromatic nitrogens is 4. The average molecular weight is 471 g/mol. The molecule has 178 valence electrons. The van der Waals surface area contributed by atoms with Gasteiger partial charge in [-0.1, -0.05) is 12.1 Å². The summed E-state index contributed by atoms with van der Waals surface area (Å²) in [6, 6.07) is 12.4. The molecular formula is C28H27FN4O2. The molecule has 35 heavy (non-hydrogen) atoms. The molecule has 2 aliphatic rings. The fourth-order valence-electron chi connectivity index (χ4n) is 4.99. The summed E-state index contributed by atoms with van der Waals surface area (Å²) >= 11 is 0. The van der Waals surface area contributed by atoms with Gasteiger partial charge in [-0.3, -0.25) is 4.79 Å². The summed E-state index contributed by atoms with van der Waals surface area (Å²) < 4.78 is 23.4. The highest BCUT2D eigenvalue weighted by atomic mass is 19.1. The Balaban J connectivity index is 1.39. The topological polar surface area (TPSA) is 61.9 Å². The fraction of sp³-hybridized carbons (Fsp3) is 0.321. The predicted molar refractivity (Wildman–Crippen MR) is 131 cm³/mol. The summed E-state index contributed by atoms with van der Waals surface area (Å²) in [5.74, 6) is 0.672. The molecule has 1 aliphatic carbocycles. The van der Waals surface area contributed by atoms with Crippen molar-refractivity contribution in [1.82, 2.24) is 19.3 Å². The van der Waals surface area contributed by atoms with Crippen LogP contribution in [0.15, 0.2) is 59.8 Å². The Morgan fingerprint density at radius 2 is 1.94 bits per heavy atom. The van der Waals surface area contributed by atoms with Crippen LogP contribution < -0.4 is 10.3 Å². The Morgan fingerprint density at radius 3 is 2.69 bits per heavy atom. The van der Waals surface area contributed by atoms with E-state index in [0.717, 1.165) is 46.6 Å². The van der Waals surface area contributed by atoms with E-state index < -0.39 is 0 Å². The van der Waals surface area contributed by atoms with Gasteiger partial charge in [0.15, 0.2) is 0 Å². The lowest BCUT2D eigenvalue weighted by Gasteiger charge is -2.27. The second kappa shape index (κ2) is 8.48. The Morgan fingerprint density at radius 1 is 1.09 bits per heavy atom. The molecule has 0 saturated heterocycles. The Bertz CT molecular complexity index is 1480. The van der Waals surface area contributed by atoms with E-state index in [1.54, 1.807) is 10.7 Å². The average Bonchev–Trinajstić information content (AvgIpc) is 3.61. The first kappa shape index (κ1) is 21.8. The van der Waals surface area contributed by atoms with Crippen LogP contribution in [0.4, 0.5) is 4.39 Å². The third-order valence-corrected chi connectivity index (χ3v) is 6.94. The zero-order chi connectivity index (χ0) is 24.1. The lowest BCUT2D eigenvalue weighted by atomic mass is 9.99. The summed E-state index contributed by atoms with van der Waals surface area (Å²) in [7, 11) is 0. The highest BCUT2D eigenvalue weighted by molar-refractivity contribution is 5.44. The number of hydrogen-bond donors (Lipinski definition) is 0. The first-order chi connectivity index (χ1) is 17.0. The van der Waals surface area contributed by atoms with E-state index >= 15 is 0 Å². The molecule has 0 N–H and O–H groups in total. The maximum atomic E-state index is 14.1. The van der Waals surface area contributed by atoms with Gasteiger partial charge in [-0.15, -0.1) is 0 Å². The van der Waals surface area contributed by atoms with E-state index in [-0.39, 0.29) is 17.4 Å². The Kier molecular flexibility index (Phi) is 5.28. The van der Waals surface area contributed by atoms with Crippen molar-refractivity contribution in [2.45, 2.75) is 51.5 Å². The van der Waals surface area contributed by atoms with Crippen LogP contribution in [-0.2, 0) is 6.42 Å². The van der Waals surface area contributed by atoms with Crippen LogP contribution in [0.25, 0.3) is 5.69 Å². The van der Waals surface area contributed by atoms with Gasteiger partial charge in [-0.25, -0.2) is 14.1 Å². The highest BCUT2D eigenvalue weighted by Crippen LogP contribution is 2.40. The van der Waals surface area contributed by atoms with Crippen molar-refractivity contribution in [3.8, 4) is 11.4 Å². The number of ether oxygens (including phenoxy) is 1. The molecule has 1 saturated carbocycles. The molecule has 1 atom stereocenters. The standard InChI is InChI=1S/C28H27FN4O2/c1-17-11-19(3-7-25(17)32-15-18(2)30-16-32)12-21-13-24(20-4-5-20)31-33(28(21)34)26-9-10-35-27-8-6-22(29)14-23(26)27/h3,6-8,11,13-16,20,26H,4-5,9-10,12H2,1-2H3. The van der Waals surface area contributed by atoms with Gasteiger partial charge in [0, 0.05) is 41.8 Å². The van der Waals surface area contributed by atoms with Crippen LogP contribution in [0.5, 0.6) is 5.75 Å². The molecule has 1 aliphatic heterocycles. The van der Waals surface area contributed by atoms with E-state index in [4.69, 9.17) is 9.84 Å². The van der Waals surface area contributed by atoms with Crippen molar-refractivity contribution in [2.75, 3.05) is 6.61 Å². The second-order valence-electron chi connectivity index (χ2n) is 9.67. The minimum absolute atomic E-state index is 0.122. The number of fused-ring (bicyclic) bond motifs is 1. The number of halogens is 1. The number of benzene rings is 2. The third-order valence-electron chi connectivity index (χ3n) is 6.94. The van der Waals surface area contributed by atoms with E-state index in [9.17, 15) is 9.18 Å². The number of rotatable bonds is 5. The van der Waals surface area contributed by atoms with E-state index in [2.05, 4.69) is 30.1 Å². The number of nitrogens with zero attached hydrogens (tertiary/aromatic N) is 4. The van der Waals surface area contributed by atoms with Gasteiger partial charge in [-0.05, 0) is 68.1 Å². The molecule has 2 aromatic carbocycles. The Hall–Kier alpha value is -3.74. The van der Waals surface area contributed by atoms with Crippen LogP contribution >= 0.6 is 0 Å². The van der Waals surface area contributed by atoms with Crippen LogP contribution in [0.1, 0.15) is 64.9 Å². The summed E-state index contributed by atoms with van der Waals surface area (Å²) in [6.45, 7) is 4.51. The van der Waals surface area contributed by atoms with Crippen molar-refractivity contribution < 1.29 is 9.13 Å². The molecular weight excluding hydrogens is 443 g/mol. The van der Waals surface area contributed by atoms with Gasteiger partial charge >= 0.3 is 0 Å². The summed E-state index contributed by atoms with van der Waals surface area (Å²) in [5, 5.41) is 4.78. The van der Waals surface area contributed by atoms with E-state index in [1.807, 2.05) is 30.1 Å². The summed E-state index contributed by atoms with van der Waals surface area (Å²) in [4.78, 5) is 18.0. The fourth-order valence-corrected chi connectivity index (χ4v) is 4.99. The molecule has 0 amide bonds. The van der Waals surface area contributed by atoms with E-state index in [1.165, 1.54) is 12.1 Å². The second-order valence-corrected chi connectivity index (χ2v) is 9.67. The van der Waals surface area contributed by atoms with Gasteiger partial charge in [0.2, 0.25) is 0 Å². The van der Waals surface area contributed by atoms with Gasteiger partial charge in [0.05, 0.1) is 30.4 Å². The number of aryl methyl sites for hydroxylation is 2. The van der Waals surface area contributed by atoms with Gasteiger partial charge in [0.25, 0.3) is 5.56 Å². The normalized spacial score (nSPS) is 17.2. The molecule has 0 radical (unpaired) electrons. The molecule has 6 nitrogen and oxygen atoms in total. The van der Waals surface area contributed by atoms with Crippen molar-refractivity contribution in [3.05, 3.63) is 105 Å². The quantitative estimate of drug-likeness (QED) is 0.411. The highest BCUT2D eigenvalue weighted by Gasteiger charge is 2.30. The van der Waals surface area contributed by atoms with Gasteiger partial charge < -0.3 is 9.30 Å². The maximum Gasteiger partial charge on any atom is 0.270 e. The maximum absolute atomic E-state index is 14.1. The van der Waals surface area contributed by atoms with E-state index in [0.29, 0.717) is 36.7 Å². The van der Waals surface area contributed by atoms with Crippen LogP contribution in [0.2, 0.25) is 0 Å². The molecule has 7 heteroatoms. The van der Waals surface area contributed by atoms with Crippen LogP contribution in [0.3, 0.4) is 0 Å². The van der Waals surface area contributed by atoms with Crippen molar-refractivity contribution in [3.63, 3.8) is 0 Å². The number of imidazole rings is 1. The lowest BCUT2D eigenvalue weighted by molar-refractivity contribution is 0.245. The molecule has 1 unspecified atom stereocenters. The predicted octanol–water partition coefficient (Wildman–Crippen LogP) is 5.03. The minimum Gasteiger partial charge on any atom is -0.493 e. The van der Waals surface area contributed by atoms with Gasteiger partial charge in [-0.2, -0.15) is 5.10 Å². The molecule has 6 rings (SSSR count). The summed E-state index contributed by atoms with van der Waals surface area (Å²) in [6.07, 6.45) is 7.08. The molecule has 2 aromatic heterocycles. The third kappa shape index (κ3) is 4.16. The first-order valence-corrected chi connectivity index (χ1v) is 12.1.